The summed E-state index contributed by atoms with van der Waals surface area (Å²) in [6, 6.07) is 7.09. The molecule has 0 fully saturated rings. The van der Waals surface area contributed by atoms with Crippen molar-refractivity contribution in [2.24, 2.45) is 0 Å². The van der Waals surface area contributed by atoms with Crippen molar-refractivity contribution in [2.75, 3.05) is 0 Å². The molecule has 4 nitrogen and oxygen atoms in total. The van der Waals surface area contributed by atoms with E-state index in [0.29, 0.717) is 16.5 Å². The molecule has 5 heteroatoms. The summed E-state index contributed by atoms with van der Waals surface area (Å²) >= 11 is 5.87. The van der Waals surface area contributed by atoms with Crippen LogP contribution in [0.15, 0.2) is 29.1 Å². The zero-order chi connectivity index (χ0) is 14.2. The van der Waals surface area contributed by atoms with E-state index in [1.165, 1.54) is 0 Å². The maximum Gasteiger partial charge on any atom is 0.280 e. The van der Waals surface area contributed by atoms with Crippen molar-refractivity contribution in [3.8, 4) is 5.69 Å². The maximum absolute atomic E-state index is 12.5. The van der Waals surface area contributed by atoms with Crippen LogP contribution in [0.1, 0.15) is 32.3 Å². The molecule has 2 aromatic rings. The number of aryl methyl sites for hydroxylation is 1. The van der Waals surface area contributed by atoms with Crippen LogP contribution in [0, 0.1) is 6.92 Å². The van der Waals surface area contributed by atoms with Crippen LogP contribution in [0.3, 0.4) is 0 Å². The summed E-state index contributed by atoms with van der Waals surface area (Å²) in [5, 5.41) is 8.76. The molecule has 0 aliphatic carbocycles. The van der Waals surface area contributed by atoms with Gasteiger partial charge in [0.15, 0.2) is 0 Å². The highest BCUT2D eigenvalue weighted by molar-refractivity contribution is 6.30. The van der Waals surface area contributed by atoms with Crippen LogP contribution in [0.25, 0.3) is 5.69 Å². The second-order valence-corrected chi connectivity index (χ2v) is 5.90. The fourth-order valence-electron chi connectivity index (χ4n) is 1.83. The van der Waals surface area contributed by atoms with Crippen LogP contribution in [0.5, 0.6) is 0 Å². The van der Waals surface area contributed by atoms with Gasteiger partial charge >= 0.3 is 0 Å². The second kappa shape index (κ2) is 4.78. The van der Waals surface area contributed by atoms with Crippen molar-refractivity contribution < 1.29 is 0 Å². The predicted molar refractivity (Wildman–Crippen MR) is 76.1 cm³/mol. The van der Waals surface area contributed by atoms with Crippen molar-refractivity contribution in [3.63, 3.8) is 0 Å². The van der Waals surface area contributed by atoms with Gasteiger partial charge in [-0.05, 0) is 31.2 Å². The molecular weight excluding hydrogens is 262 g/mol. The largest absolute Gasteiger partial charge is 0.280 e. The third-order valence-corrected chi connectivity index (χ3v) is 3.07. The Morgan fingerprint density at radius 3 is 2.21 bits per heavy atom. The number of hydrogen-bond donors (Lipinski definition) is 0. The molecule has 0 spiro atoms. The van der Waals surface area contributed by atoms with Crippen LogP contribution in [0.4, 0.5) is 0 Å². The van der Waals surface area contributed by atoms with Gasteiger partial charge < -0.3 is 0 Å². The molecule has 0 N–H and O–H groups in total. The first kappa shape index (κ1) is 13.7. The van der Waals surface area contributed by atoms with Crippen LogP contribution >= 0.6 is 11.6 Å². The smallest absolute Gasteiger partial charge is 0.267 e. The SMILES string of the molecule is Cc1nnc(C(C)(C)C)c(=O)n1-c1ccc(Cl)cc1. The lowest BCUT2D eigenvalue weighted by Crippen LogP contribution is -2.33. The van der Waals surface area contributed by atoms with E-state index in [4.69, 9.17) is 11.6 Å². The number of aromatic nitrogens is 3. The standard InChI is InChI=1S/C14H16ClN3O/c1-9-16-17-12(14(2,3)4)13(19)18(9)11-7-5-10(15)6-8-11/h5-8H,1-4H3. The molecule has 1 aromatic heterocycles. The third kappa shape index (κ3) is 2.68. The molecule has 0 unspecified atom stereocenters. The number of rotatable bonds is 1. The summed E-state index contributed by atoms with van der Waals surface area (Å²) in [5.41, 5.74) is 0.717. The van der Waals surface area contributed by atoms with Crippen LogP contribution < -0.4 is 5.56 Å². The van der Waals surface area contributed by atoms with Gasteiger partial charge in [0.05, 0.1) is 5.69 Å². The molecule has 0 saturated carbocycles. The fraction of sp³-hybridized carbons (Fsp3) is 0.357. The third-order valence-electron chi connectivity index (χ3n) is 2.82. The van der Waals surface area contributed by atoms with Gasteiger partial charge in [0, 0.05) is 10.4 Å². The van der Waals surface area contributed by atoms with Crippen molar-refractivity contribution in [3.05, 3.63) is 51.2 Å². The highest BCUT2D eigenvalue weighted by Gasteiger charge is 2.22. The zero-order valence-electron chi connectivity index (χ0n) is 11.4. The Morgan fingerprint density at radius 1 is 1.11 bits per heavy atom. The maximum atomic E-state index is 12.5. The topological polar surface area (TPSA) is 47.8 Å². The van der Waals surface area contributed by atoms with E-state index in [1.807, 2.05) is 20.8 Å². The van der Waals surface area contributed by atoms with E-state index in [2.05, 4.69) is 10.2 Å². The molecule has 100 valence electrons. The molecular formula is C14H16ClN3O. The fourth-order valence-corrected chi connectivity index (χ4v) is 1.95. The lowest BCUT2D eigenvalue weighted by molar-refractivity contribution is 0.535. The highest BCUT2D eigenvalue weighted by Crippen LogP contribution is 2.17. The van der Waals surface area contributed by atoms with E-state index in [1.54, 1.807) is 35.8 Å². The summed E-state index contributed by atoms with van der Waals surface area (Å²) in [4.78, 5) is 12.5. The summed E-state index contributed by atoms with van der Waals surface area (Å²) in [5.74, 6) is 0.556. The number of benzene rings is 1. The first-order chi connectivity index (χ1) is 8.80. The number of hydrogen-bond acceptors (Lipinski definition) is 3. The Morgan fingerprint density at radius 2 is 1.68 bits per heavy atom. The molecule has 0 saturated heterocycles. The first-order valence-electron chi connectivity index (χ1n) is 6.03. The minimum atomic E-state index is -0.341. The van der Waals surface area contributed by atoms with Gasteiger partial charge in [-0.25, -0.2) is 0 Å². The molecule has 0 bridgehead atoms. The van der Waals surface area contributed by atoms with Crippen LogP contribution in [-0.2, 0) is 5.41 Å². The van der Waals surface area contributed by atoms with Gasteiger partial charge in [0.2, 0.25) is 0 Å². The van der Waals surface area contributed by atoms with Crippen LogP contribution in [0.2, 0.25) is 5.02 Å². The van der Waals surface area contributed by atoms with E-state index in [0.717, 1.165) is 5.69 Å². The van der Waals surface area contributed by atoms with E-state index in [9.17, 15) is 4.79 Å². The lowest BCUT2D eigenvalue weighted by Gasteiger charge is -2.18. The molecule has 1 aromatic carbocycles. The molecule has 19 heavy (non-hydrogen) atoms. The summed E-state index contributed by atoms with van der Waals surface area (Å²) in [6.07, 6.45) is 0. The minimum absolute atomic E-state index is 0.137. The van der Waals surface area contributed by atoms with E-state index < -0.39 is 0 Å². The molecule has 0 aliphatic rings. The number of halogens is 1. The Hall–Kier alpha value is -1.68. The van der Waals surface area contributed by atoms with E-state index in [-0.39, 0.29) is 11.0 Å². The van der Waals surface area contributed by atoms with Gasteiger partial charge in [0.25, 0.3) is 5.56 Å². The average molecular weight is 278 g/mol. The van der Waals surface area contributed by atoms with Gasteiger partial charge in [0.1, 0.15) is 11.5 Å². The monoisotopic (exact) mass is 277 g/mol. The zero-order valence-corrected chi connectivity index (χ0v) is 12.2. The molecule has 0 atom stereocenters. The molecule has 0 radical (unpaired) electrons. The Balaban J connectivity index is 2.70. The summed E-state index contributed by atoms with van der Waals surface area (Å²) < 4.78 is 1.56. The highest BCUT2D eigenvalue weighted by atomic mass is 35.5. The van der Waals surface area contributed by atoms with Crippen LogP contribution in [-0.4, -0.2) is 14.8 Å². The van der Waals surface area contributed by atoms with Crippen molar-refractivity contribution in [2.45, 2.75) is 33.1 Å². The van der Waals surface area contributed by atoms with Gasteiger partial charge in [-0.3, -0.25) is 9.36 Å². The minimum Gasteiger partial charge on any atom is -0.267 e. The quantitative estimate of drug-likeness (QED) is 0.805. The Bertz CT molecular complexity index is 654. The van der Waals surface area contributed by atoms with Gasteiger partial charge in [-0.2, -0.15) is 0 Å². The molecule has 0 amide bonds. The Kier molecular flexibility index (Phi) is 3.45. The molecule has 1 heterocycles. The predicted octanol–water partition coefficient (Wildman–Crippen LogP) is 2.89. The van der Waals surface area contributed by atoms with Crippen molar-refractivity contribution in [1.82, 2.24) is 14.8 Å². The van der Waals surface area contributed by atoms with Crippen molar-refractivity contribution >= 4 is 11.6 Å². The lowest BCUT2D eigenvalue weighted by atomic mass is 9.92. The average Bonchev–Trinajstić information content (AvgIpc) is 2.29. The van der Waals surface area contributed by atoms with Gasteiger partial charge in [-0.1, -0.05) is 32.4 Å². The van der Waals surface area contributed by atoms with Gasteiger partial charge in [-0.15, -0.1) is 10.2 Å². The van der Waals surface area contributed by atoms with E-state index >= 15 is 0 Å². The second-order valence-electron chi connectivity index (χ2n) is 5.46. The van der Waals surface area contributed by atoms with Crippen molar-refractivity contribution in [1.29, 1.82) is 0 Å². The Labute approximate surface area is 117 Å². The number of nitrogens with zero attached hydrogens (tertiary/aromatic N) is 3. The summed E-state index contributed by atoms with van der Waals surface area (Å²) in [7, 11) is 0. The summed E-state index contributed by atoms with van der Waals surface area (Å²) in [6.45, 7) is 7.59. The molecule has 2 rings (SSSR count). The molecule has 0 aliphatic heterocycles. The normalized spacial score (nSPS) is 11.6. The first-order valence-corrected chi connectivity index (χ1v) is 6.41.